The standard InChI is InChI=1S/C24H35N5O/c1-26-13-17-28(18-14-26)22-8-4-3-7-21(22)25-11-12-27-15-19-29(20-16-27)23-9-5-6-10-24(23)30-2/h3-10,25H,11-20H2,1-2H3. The van der Waals surface area contributed by atoms with Gasteiger partial charge in [-0.2, -0.15) is 0 Å². The van der Waals surface area contributed by atoms with Crippen molar-refractivity contribution in [2.75, 3.05) is 94.7 Å². The molecule has 0 amide bonds. The van der Waals surface area contributed by atoms with Crippen molar-refractivity contribution in [1.29, 1.82) is 0 Å². The summed E-state index contributed by atoms with van der Waals surface area (Å²) in [6.45, 7) is 10.7. The van der Waals surface area contributed by atoms with Gasteiger partial charge in [0.1, 0.15) is 5.75 Å². The minimum Gasteiger partial charge on any atom is -0.495 e. The van der Waals surface area contributed by atoms with E-state index in [9.17, 15) is 0 Å². The summed E-state index contributed by atoms with van der Waals surface area (Å²) in [7, 11) is 3.95. The fourth-order valence-corrected chi connectivity index (χ4v) is 4.40. The highest BCUT2D eigenvalue weighted by Gasteiger charge is 2.20. The smallest absolute Gasteiger partial charge is 0.142 e. The van der Waals surface area contributed by atoms with E-state index in [1.165, 1.54) is 17.1 Å². The van der Waals surface area contributed by atoms with Crippen LogP contribution < -0.4 is 19.9 Å². The van der Waals surface area contributed by atoms with Crippen LogP contribution in [0.1, 0.15) is 0 Å². The van der Waals surface area contributed by atoms with Crippen LogP contribution in [-0.4, -0.2) is 89.4 Å². The van der Waals surface area contributed by atoms with Crippen LogP contribution in [0.2, 0.25) is 0 Å². The lowest BCUT2D eigenvalue weighted by Crippen LogP contribution is -2.47. The van der Waals surface area contributed by atoms with E-state index in [0.29, 0.717) is 0 Å². The van der Waals surface area contributed by atoms with E-state index in [0.717, 1.165) is 71.2 Å². The third-order valence-electron chi connectivity index (χ3n) is 6.29. The summed E-state index contributed by atoms with van der Waals surface area (Å²) in [4.78, 5) is 9.90. The summed E-state index contributed by atoms with van der Waals surface area (Å²) in [5, 5.41) is 3.70. The number of piperazine rings is 2. The van der Waals surface area contributed by atoms with Crippen LogP contribution in [0.25, 0.3) is 0 Å². The third-order valence-corrected chi connectivity index (χ3v) is 6.29. The molecule has 2 saturated heterocycles. The Balaban J connectivity index is 1.26. The average Bonchev–Trinajstić information content (AvgIpc) is 2.80. The van der Waals surface area contributed by atoms with Gasteiger partial charge in [-0.1, -0.05) is 24.3 Å². The van der Waals surface area contributed by atoms with Crippen molar-refractivity contribution in [2.24, 2.45) is 0 Å². The van der Waals surface area contributed by atoms with Crippen LogP contribution >= 0.6 is 0 Å². The first kappa shape index (κ1) is 20.8. The van der Waals surface area contributed by atoms with Gasteiger partial charge in [0, 0.05) is 65.4 Å². The molecule has 2 aromatic carbocycles. The largest absolute Gasteiger partial charge is 0.495 e. The number of ether oxygens (including phenoxy) is 1. The Hall–Kier alpha value is -2.44. The molecule has 0 radical (unpaired) electrons. The average molecular weight is 410 g/mol. The molecule has 2 heterocycles. The van der Waals surface area contributed by atoms with Crippen molar-refractivity contribution >= 4 is 17.1 Å². The predicted molar refractivity (Wildman–Crippen MR) is 126 cm³/mol. The van der Waals surface area contributed by atoms with E-state index >= 15 is 0 Å². The molecule has 2 aliphatic rings. The van der Waals surface area contributed by atoms with E-state index in [-0.39, 0.29) is 0 Å². The molecule has 0 aliphatic carbocycles. The van der Waals surface area contributed by atoms with Crippen LogP contribution in [-0.2, 0) is 0 Å². The molecule has 0 bridgehead atoms. The SMILES string of the molecule is COc1ccccc1N1CCN(CCNc2ccccc2N2CCN(C)CC2)CC1. The molecular weight excluding hydrogens is 374 g/mol. The zero-order valence-corrected chi connectivity index (χ0v) is 18.4. The zero-order valence-electron chi connectivity index (χ0n) is 18.4. The van der Waals surface area contributed by atoms with Gasteiger partial charge in [-0.05, 0) is 31.3 Å². The number of para-hydroxylation sites is 4. The van der Waals surface area contributed by atoms with E-state index in [1.807, 2.05) is 12.1 Å². The number of nitrogens with one attached hydrogen (secondary N) is 1. The van der Waals surface area contributed by atoms with Crippen LogP contribution in [0, 0.1) is 0 Å². The molecule has 0 spiro atoms. The highest BCUT2D eigenvalue weighted by atomic mass is 16.5. The van der Waals surface area contributed by atoms with Gasteiger partial charge in [0.25, 0.3) is 0 Å². The maximum absolute atomic E-state index is 5.53. The highest BCUT2D eigenvalue weighted by molar-refractivity contribution is 5.70. The predicted octanol–water partition coefficient (Wildman–Crippen LogP) is 2.68. The summed E-state index contributed by atoms with van der Waals surface area (Å²) < 4.78 is 5.53. The third kappa shape index (κ3) is 4.99. The minimum absolute atomic E-state index is 0.966. The lowest BCUT2D eigenvalue weighted by atomic mass is 10.2. The number of hydrogen-bond donors (Lipinski definition) is 1. The van der Waals surface area contributed by atoms with Crippen LogP contribution in [0.5, 0.6) is 5.75 Å². The summed E-state index contributed by atoms with van der Waals surface area (Å²) in [6, 6.07) is 17.1. The Bertz CT molecular complexity index is 798. The molecule has 0 unspecified atom stereocenters. The highest BCUT2D eigenvalue weighted by Crippen LogP contribution is 2.29. The van der Waals surface area contributed by atoms with Crippen molar-refractivity contribution in [3.8, 4) is 5.75 Å². The summed E-state index contributed by atoms with van der Waals surface area (Å²) >= 11 is 0. The van der Waals surface area contributed by atoms with Crippen molar-refractivity contribution < 1.29 is 4.74 Å². The summed E-state index contributed by atoms with van der Waals surface area (Å²) in [5.74, 6) is 0.966. The van der Waals surface area contributed by atoms with E-state index in [2.05, 4.69) is 68.4 Å². The normalized spacial score (nSPS) is 18.5. The molecule has 162 valence electrons. The van der Waals surface area contributed by atoms with Gasteiger partial charge in [0.15, 0.2) is 0 Å². The minimum atomic E-state index is 0.966. The van der Waals surface area contributed by atoms with Crippen LogP contribution in [0.3, 0.4) is 0 Å². The number of hydrogen-bond acceptors (Lipinski definition) is 6. The van der Waals surface area contributed by atoms with Gasteiger partial charge in [0.05, 0.1) is 24.2 Å². The Morgan fingerprint density at radius 3 is 2.10 bits per heavy atom. The topological polar surface area (TPSA) is 34.2 Å². The van der Waals surface area contributed by atoms with E-state index < -0.39 is 0 Å². The van der Waals surface area contributed by atoms with Gasteiger partial charge in [0.2, 0.25) is 0 Å². The molecule has 4 rings (SSSR count). The maximum Gasteiger partial charge on any atom is 0.142 e. The molecule has 0 aromatic heterocycles. The van der Waals surface area contributed by atoms with Gasteiger partial charge < -0.3 is 24.8 Å². The van der Waals surface area contributed by atoms with Crippen molar-refractivity contribution in [1.82, 2.24) is 9.80 Å². The number of anilines is 3. The van der Waals surface area contributed by atoms with Gasteiger partial charge >= 0.3 is 0 Å². The molecule has 6 heteroatoms. The monoisotopic (exact) mass is 409 g/mol. The molecule has 1 N–H and O–H groups in total. The second-order valence-electron chi connectivity index (χ2n) is 8.23. The molecule has 2 fully saturated rings. The molecule has 0 saturated carbocycles. The Kier molecular flexibility index (Phi) is 6.97. The maximum atomic E-state index is 5.53. The van der Waals surface area contributed by atoms with Crippen molar-refractivity contribution in [3.63, 3.8) is 0 Å². The quantitative estimate of drug-likeness (QED) is 0.757. The lowest BCUT2D eigenvalue weighted by Gasteiger charge is -2.37. The Labute approximate surface area is 181 Å². The molecule has 0 atom stereocenters. The van der Waals surface area contributed by atoms with E-state index in [1.54, 1.807) is 7.11 Å². The second kappa shape index (κ2) is 10.0. The number of likely N-dealkylation sites (N-methyl/N-ethyl adjacent to an activating group) is 1. The first-order valence-electron chi connectivity index (χ1n) is 11.1. The van der Waals surface area contributed by atoms with Crippen molar-refractivity contribution in [2.45, 2.75) is 0 Å². The molecular formula is C24H35N5O. The first-order chi connectivity index (χ1) is 14.7. The molecule has 30 heavy (non-hydrogen) atoms. The fourth-order valence-electron chi connectivity index (χ4n) is 4.40. The Morgan fingerprint density at radius 1 is 0.767 bits per heavy atom. The molecule has 2 aromatic rings. The number of nitrogens with zero attached hydrogens (tertiary/aromatic N) is 4. The van der Waals surface area contributed by atoms with Crippen molar-refractivity contribution in [3.05, 3.63) is 48.5 Å². The van der Waals surface area contributed by atoms with Crippen LogP contribution in [0.4, 0.5) is 17.1 Å². The summed E-state index contributed by atoms with van der Waals surface area (Å²) in [6.07, 6.45) is 0. The van der Waals surface area contributed by atoms with Gasteiger partial charge in [-0.15, -0.1) is 0 Å². The lowest BCUT2D eigenvalue weighted by molar-refractivity contribution is 0.266. The molecule has 6 nitrogen and oxygen atoms in total. The Morgan fingerprint density at radius 2 is 1.37 bits per heavy atom. The first-order valence-corrected chi connectivity index (χ1v) is 11.1. The zero-order chi connectivity index (χ0) is 20.8. The summed E-state index contributed by atoms with van der Waals surface area (Å²) in [5.41, 5.74) is 3.81. The number of rotatable bonds is 7. The van der Waals surface area contributed by atoms with Crippen LogP contribution in [0.15, 0.2) is 48.5 Å². The second-order valence-corrected chi connectivity index (χ2v) is 8.23. The van der Waals surface area contributed by atoms with E-state index in [4.69, 9.17) is 4.74 Å². The van der Waals surface area contributed by atoms with Gasteiger partial charge in [-0.25, -0.2) is 0 Å². The number of methoxy groups -OCH3 is 1. The fraction of sp³-hybridized carbons (Fsp3) is 0.500. The van der Waals surface area contributed by atoms with Gasteiger partial charge in [-0.3, -0.25) is 4.90 Å². The number of benzene rings is 2. The molecule has 2 aliphatic heterocycles.